The number of ether oxygens (including phenoxy) is 2. The van der Waals surface area contributed by atoms with Crippen LogP contribution in [0.5, 0.6) is 5.88 Å². The third kappa shape index (κ3) is 2.92. The van der Waals surface area contributed by atoms with Crippen molar-refractivity contribution in [1.82, 2.24) is 25.0 Å². The van der Waals surface area contributed by atoms with Gasteiger partial charge in [0.15, 0.2) is 0 Å². The molecule has 5 rings (SSSR count). The predicted molar refractivity (Wildman–Crippen MR) is 107 cm³/mol. The van der Waals surface area contributed by atoms with Gasteiger partial charge in [0, 0.05) is 36.0 Å². The summed E-state index contributed by atoms with van der Waals surface area (Å²) in [7, 11) is 0. The molecule has 0 amide bonds. The van der Waals surface area contributed by atoms with Crippen LogP contribution in [0.4, 0.5) is 0 Å². The molecule has 1 aromatic carbocycles. The molecule has 0 radical (unpaired) electrons. The van der Waals surface area contributed by atoms with E-state index < -0.39 is 0 Å². The van der Waals surface area contributed by atoms with Gasteiger partial charge in [-0.05, 0) is 26.0 Å². The van der Waals surface area contributed by atoms with E-state index in [1.165, 1.54) is 0 Å². The molecule has 0 spiro atoms. The van der Waals surface area contributed by atoms with Gasteiger partial charge >= 0.3 is 0 Å². The maximum absolute atomic E-state index is 6.25. The van der Waals surface area contributed by atoms with Crippen molar-refractivity contribution in [2.75, 3.05) is 13.2 Å². The number of nitrogens with one attached hydrogen (secondary N) is 1. The van der Waals surface area contributed by atoms with Crippen molar-refractivity contribution in [1.29, 1.82) is 0 Å². The fourth-order valence-electron chi connectivity index (χ4n) is 3.78. The number of benzene rings is 1. The summed E-state index contributed by atoms with van der Waals surface area (Å²) in [5.41, 5.74) is 3.89. The van der Waals surface area contributed by atoms with Gasteiger partial charge in [-0.15, -0.1) is 0 Å². The Morgan fingerprint density at radius 3 is 2.89 bits per heavy atom. The normalized spacial score (nSPS) is 15.7. The summed E-state index contributed by atoms with van der Waals surface area (Å²) in [5, 5.41) is 14.3. The zero-order chi connectivity index (χ0) is 19.1. The lowest BCUT2D eigenvalue weighted by atomic mass is 10.1. The van der Waals surface area contributed by atoms with E-state index in [9.17, 15) is 0 Å². The van der Waals surface area contributed by atoms with Gasteiger partial charge in [-0.1, -0.05) is 12.1 Å². The van der Waals surface area contributed by atoms with Gasteiger partial charge in [-0.25, -0.2) is 4.98 Å². The molecule has 0 saturated carbocycles. The first kappa shape index (κ1) is 17.2. The Morgan fingerprint density at radius 2 is 2.07 bits per heavy atom. The third-order valence-electron chi connectivity index (χ3n) is 5.25. The average molecular weight is 377 g/mol. The molecule has 0 atom stereocenters. The number of aromatic nitrogens is 5. The topological polar surface area (TPSA) is 77.9 Å². The number of pyridine rings is 1. The van der Waals surface area contributed by atoms with Gasteiger partial charge in [-0.2, -0.15) is 10.2 Å². The van der Waals surface area contributed by atoms with Crippen LogP contribution in [0.15, 0.2) is 36.7 Å². The largest absolute Gasteiger partial charge is 0.474 e. The molecule has 0 aliphatic carbocycles. The quantitative estimate of drug-likeness (QED) is 0.579. The van der Waals surface area contributed by atoms with Crippen LogP contribution in [0.25, 0.3) is 33.1 Å². The molecule has 7 nitrogen and oxygen atoms in total. The fraction of sp³-hybridized carbons (Fsp3) is 0.381. The monoisotopic (exact) mass is 377 g/mol. The molecule has 0 unspecified atom stereocenters. The van der Waals surface area contributed by atoms with Crippen molar-refractivity contribution in [3.63, 3.8) is 0 Å². The third-order valence-corrected chi connectivity index (χ3v) is 5.25. The van der Waals surface area contributed by atoms with E-state index in [4.69, 9.17) is 9.47 Å². The maximum Gasteiger partial charge on any atom is 0.225 e. The number of aromatic amines is 1. The molecular formula is C21H23N5O2. The van der Waals surface area contributed by atoms with Crippen molar-refractivity contribution in [2.45, 2.75) is 38.8 Å². The van der Waals surface area contributed by atoms with E-state index in [2.05, 4.69) is 52.3 Å². The zero-order valence-electron chi connectivity index (χ0n) is 16.1. The highest BCUT2D eigenvalue weighted by Gasteiger charge is 2.21. The molecule has 7 heteroatoms. The van der Waals surface area contributed by atoms with Crippen LogP contribution in [0.1, 0.15) is 32.7 Å². The molecule has 4 aromatic rings. The first-order valence-corrected chi connectivity index (χ1v) is 9.76. The van der Waals surface area contributed by atoms with Crippen molar-refractivity contribution < 1.29 is 9.47 Å². The van der Waals surface area contributed by atoms with Gasteiger partial charge in [0.05, 0.1) is 35.8 Å². The second-order valence-electron chi connectivity index (χ2n) is 7.50. The second-order valence-corrected chi connectivity index (χ2v) is 7.50. The molecule has 4 heterocycles. The summed E-state index contributed by atoms with van der Waals surface area (Å²) < 4.78 is 13.7. The molecule has 144 valence electrons. The van der Waals surface area contributed by atoms with E-state index in [0.717, 1.165) is 59.1 Å². The Morgan fingerprint density at radius 1 is 1.21 bits per heavy atom. The molecule has 0 bridgehead atoms. The van der Waals surface area contributed by atoms with E-state index in [1.54, 1.807) is 6.20 Å². The van der Waals surface area contributed by atoms with Crippen molar-refractivity contribution in [3.05, 3.63) is 36.7 Å². The highest BCUT2D eigenvalue weighted by Crippen LogP contribution is 2.34. The molecule has 1 N–H and O–H groups in total. The molecule has 1 saturated heterocycles. The number of hydrogen-bond acceptors (Lipinski definition) is 5. The van der Waals surface area contributed by atoms with Crippen LogP contribution < -0.4 is 4.74 Å². The first-order valence-electron chi connectivity index (χ1n) is 9.76. The van der Waals surface area contributed by atoms with Crippen molar-refractivity contribution in [2.24, 2.45) is 0 Å². The number of fused-ring (bicyclic) bond motifs is 2. The minimum absolute atomic E-state index is 0.124. The summed E-state index contributed by atoms with van der Waals surface area (Å²) in [5.74, 6) is 0.630. The molecule has 28 heavy (non-hydrogen) atoms. The van der Waals surface area contributed by atoms with E-state index in [0.29, 0.717) is 5.88 Å². The van der Waals surface area contributed by atoms with Gasteiger partial charge in [0.1, 0.15) is 11.8 Å². The Kier molecular flexibility index (Phi) is 4.24. The van der Waals surface area contributed by atoms with E-state index in [-0.39, 0.29) is 12.1 Å². The van der Waals surface area contributed by atoms with Crippen LogP contribution in [0.2, 0.25) is 0 Å². The highest BCUT2D eigenvalue weighted by atomic mass is 16.5. The molecule has 3 aromatic heterocycles. The minimum atomic E-state index is 0.124. The number of nitrogens with zero attached hydrogens (tertiary/aromatic N) is 4. The fourth-order valence-corrected chi connectivity index (χ4v) is 3.78. The highest BCUT2D eigenvalue weighted by molar-refractivity contribution is 5.98. The average Bonchev–Trinajstić information content (AvgIpc) is 3.33. The summed E-state index contributed by atoms with van der Waals surface area (Å²) in [6, 6.07) is 8.53. The Bertz CT molecular complexity index is 1120. The second kappa shape index (κ2) is 6.91. The van der Waals surface area contributed by atoms with Crippen molar-refractivity contribution >= 4 is 21.8 Å². The predicted octanol–water partition coefficient (Wildman–Crippen LogP) is 4.11. The van der Waals surface area contributed by atoms with E-state index in [1.807, 2.05) is 16.9 Å². The summed E-state index contributed by atoms with van der Waals surface area (Å²) in [6.07, 6.45) is 5.55. The minimum Gasteiger partial charge on any atom is -0.474 e. The number of H-pyrrole nitrogens is 1. The van der Waals surface area contributed by atoms with Gasteiger partial charge in [0.2, 0.25) is 5.88 Å². The lowest BCUT2D eigenvalue weighted by molar-refractivity contribution is 0.0244. The van der Waals surface area contributed by atoms with Gasteiger partial charge in [0.25, 0.3) is 0 Å². The molecule has 1 aliphatic rings. The Labute approximate surface area is 162 Å². The maximum atomic E-state index is 6.25. The van der Waals surface area contributed by atoms with Gasteiger partial charge < -0.3 is 9.47 Å². The SMILES string of the molecule is CC(C)n1ncc2ccc(-c3n[nH]c4ccnc(OC5CCOCC5)c34)cc21. The van der Waals surface area contributed by atoms with Crippen LogP contribution in [-0.2, 0) is 4.74 Å². The molecular weight excluding hydrogens is 354 g/mol. The number of rotatable bonds is 4. The molecule has 1 fully saturated rings. The summed E-state index contributed by atoms with van der Waals surface area (Å²) in [4.78, 5) is 4.52. The van der Waals surface area contributed by atoms with E-state index >= 15 is 0 Å². The van der Waals surface area contributed by atoms with Crippen LogP contribution in [-0.4, -0.2) is 44.3 Å². The first-order chi connectivity index (χ1) is 13.7. The smallest absolute Gasteiger partial charge is 0.225 e. The van der Waals surface area contributed by atoms with Crippen LogP contribution in [0.3, 0.4) is 0 Å². The summed E-state index contributed by atoms with van der Waals surface area (Å²) in [6.45, 7) is 5.73. The zero-order valence-corrected chi connectivity index (χ0v) is 16.1. The van der Waals surface area contributed by atoms with Crippen molar-refractivity contribution in [3.8, 4) is 17.1 Å². The lowest BCUT2D eigenvalue weighted by Gasteiger charge is -2.23. The number of hydrogen-bond donors (Lipinski definition) is 1. The van der Waals surface area contributed by atoms with Crippen LogP contribution in [0, 0.1) is 0 Å². The van der Waals surface area contributed by atoms with Crippen LogP contribution >= 0.6 is 0 Å². The van der Waals surface area contributed by atoms with Gasteiger partial charge in [-0.3, -0.25) is 9.78 Å². The Balaban J connectivity index is 1.61. The molecule has 1 aliphatic heterocycles. The summed E-state index contributed by atoms with van der Waals surface area (Å²) >= 11 is 0. The Hall–Kier alpha value is -2.93. The standard InChI is InChI=1S/C21H23N5O2/c1-13(2)26-18-11-14(3-4-15(18)12-23-26)20-19-17(24-25-20)5-8-22-21(19)28-16-6-9-27-10-7-16/h3-5,8,11-13,16H,6-7,9-10H2,1-2H3,(H,24,25). The lowest BCUT2D eigenvalue weighted by Crippen LogP contribution is -2.26.